The van der Waals surface area contributed by atoms with Gasteiger partial charge in [0.05, 0.1) is 13.3 Å². The van der Waals surface area contributed by atoms with E-state index in [0.717, 1.165) is 11.1 Å². The lowest BCUT2D eigenvalue weighted by molar-refractivity contribution is 0.0545. The molecule has 2 aromatic heterocycles. The van der Waals surface area contributed by atoms with Gasteiger partial charge in [-0.15, -0.1) is 0 Å². The van der Waals surface area contributed by atoms with E-state index in [1.165, 1.54) is 7.11 Å². The summed E-state index contributed by atoms with van der Waals surface area (Å²) in [5.41, 5.74) is 1.79. The number of anilines is 1. The molecule has 0 saturated carbocycles. The van der Waals surface area contributed by atoms with Gasteiger partial charge >= 0.3 is 11.9 Å². The summed E-state index contributed by atoms with van der Waals surface area (Å²) in [5.74, 6) is 0.209. The van der Waals surface area contributed by atoms with Gasteiger partial charge in [-0.25, -0.2) is 9.78 Å². The standard InChI is InChI=1S/C15H13N5O3/c1-22-15(21)14-19-13(20-23-14)11-4-2-10(3-5-11)8-18-12-9-16-6-7-17-12/h2-7,9H,8H2,1H3,(H,17,18). The number of aromatic nitrogens is 4. The minimum Gasteiger partial charge on any atom is -0.462 e. The lowest BCUT2D eigenvalue weighted by Gasteiger charge is -2.05. The molecule has 1 aromatic carbocycles. The van der Waals surface area contributed by atoms with Crippen LogP contribution in [0.1, 0.15) is 16.2 Å². The number of rotatable bonds is 5. The number of carbonyl (C=O) groups excluding carboxylic acids is 1. The molecule has 2 heterocycles. The number of benzene rings is 1. The van der Waals surface area contributed by atoms with Crippen molar-refractivity contribution in [1.29, 1.82) is 0 Å². The first-order valence-electron chi connectivity index (χ1n) is 6.77. The zero-order valence-electron chi connectivity index (χ0n) is 12.3. The van der Waals surface area contributed by atoms with Crippen LogP contribution in [-0.2, 0) is 11.3 Å². The van der Waals surface area contributed by atoms with E-state index in [2.05, 4.69) is 30.2 Å². The predicted molar refractivity (Wildman–Crippen MR) is 80.4 cm³/mol. The van der Waals surface area contributed by atoms with Crippen LogP contribution in [0.2, 0.25) is 0 Å². The fourth-order valence-electron chi connectivity index (χ4n) is 1.87. The topological polar surface area (TPSA) is 103 Å². The second-order valence-electron chi connectivity index (χ2n) is 4.56. The van der Waals surface area contributed by atoms with Gasteiger partial charge in [-0.3, -0.25) is 4.98 Å². The molecule has 8 nitrogen and oxygen atoms in total. The third-order valence-electron chi connectivity index (χ3n) is 3.03. The Balaban J connectivity index is 1.67. The maximum atomic E-state index is 11.3. The highest BCUT2D eigenvalue weighted by Gasteiger charge is 2.16. The molecule has 0 atom stereocenters. The van der Waals surface area contributed by atoms with Crippen molar-refractivity contribution in [3.63, 3.8) is 0 Å². The molecule has 0 amide bonds. The first-order chi connectivity index (χ1) is 11.3. The van der Waals surface area contributed by atoms with E-state index < -0.39 is 5.97 Å². The van der Waals surface area contributed by atoms with Gasteiger partial charge in [-0.2, -0.15) is 4.98 Å². The minimum atomic E-state index is -0.659. The minimum absolute atomic E-state index is 0.170. The monoisotopic (exact) mass is 311 g/mol. The van der Waals surface area contributed by atoms with Crippen LogP contribution in [-0.4, -0.2) is 33.2 Å². The summed E-state index contributed by atoms with van der Waals surface area (Å²) in [6, 6.07) is 7.54. The number of nitrogens with zero attached hydrogens (tertiary/aromatic N) is 4. The van der Waals surface area contributed by atoms with E-state index in [0.29, 0.717) is 18.2 Å². The molecule has 0 aliphatic rings. The van der Waals surface area contributed by atoms with Crippen LogP contribution in [0.3, 0.4) is 0 Å². The third-order valence-corrected chi connectivity index (χ3v) is 3.03. The highest BCUT2D eigenvalue weighted by Crippen LogP contribution is 2.17. The second-order valence-corrected chi connectivity index (χ2v) is 4.56. The summed E-state index contributed by atoms with van der Waals surface area (Å²) in [4.78, 5) is 23.4. The van der Waals surface area contributed by atoms with E-state index in [-0.39, 0.29) is 5.89 Å². The van der Waals surface area contributed by atoms with Crippen molar-refractivity contribution in [3.05, 3.63) is 54.3 Å². The first-order valence-corrected chi connectivity index (χ1v) is 6.77. The molecular weight excluding hydrogens is 298 g/mol. The number of hydrogen-bond donors (Lipinski definition) is 1. The van der Waals surface area contributed by atoms with Gasteiger partial charge in [-0.05, 0) is 5.56 Å². The molecule has 3 rings (SSSR count). The van der Waals surface area contributed by atoms with Crippen LogP contribution in [0.15, 0.2) is 47.4 Å². The van der Waals surface area contributed by atoms with Gasteiger partial charge in [0.2, 0.25) is 5.82 Å². The van der Waals surface area contributed by atoms with Crippen molar-refractivity contribution in [2.24, 2.45) is 0 Å². The number of methoxy groups -OCH3 is 1. The predicted octanol–water partition coefficient (Wildman–Crippen LogP) is 1.93. The molecule has 0 bridgehead atoms. The Bertz CT molecular complexity index is 786. The van der Waals surface area contributed by atoms with E-state index in [1.54, 1.807) is 18.6 Å². The van der Waals surface area contributed by atoms with Crippen LogP contribution in [0.4, 0.5) is 5.82 Å². The molecule has 0 fully saturated rings. The molecule has 1 N–H and O–H groups in total. The number of esters is 1. The third kappa shape index (κ3) is 3.49. The number of carbonyl (C=O) groups is 1. The van der Waals surface area contributed by atoms with Crippen molar-refractivity contribution in [2.45, 2.75) is 6.54 Å². The fraction of sp³-hybridized carbons (Fsp3) is 0.133. The zero-order valence-corrected chi connectivity index (χ0v) is 12.3. The summed E-state index contributed by atoms with van der Waals surface area (Å²) >= 11 is 0. The first kappa shape index (κ1) is 14.6. The Morgan fingerprint density at radius 1 is 1.26 bits per heavy atom. The lowest BCUT2D eigenvalue weighted by Crippen LogP contribution is -2.01. The number of hydrogen-bond acceptors (Lipinski definition) is 8. The van der Waals surface area contributed by atoms with Crippen molar-refractivity contribution < 1.29 is 14.1 Å². The Morgan fingerprint density at radius 2 is 2.09 bits per heavy atom. The summed E-state index contributed by atoms with van der Waals surface area (Å²) in [6.45, 7) is 0.610. The average Bonchev–Trinajstić information content (AvgIpc) is 3.11. The zero-order chi connectivity index (χ0) is 16.1. The summed E-state index contributed by atoms with van der Waals surface area (Å²) in [7, 11) is 1.26. The largest absolute Gasteiger partial charge is 0.462 e. The Labute approximate surface area is 131 Å². The van der Waals surface area contributed by atoms with E-state index in [1.807, 2.05) is 24.3 Å². The highest BCUT2D eigenvalue weighted by molar-refractivity contribution is 5.84. The van der Waals surface area contributed by atoms with Gasteiger partial charge in [0.1, 0.15) is 5.82 Å². The van der Waals surface area contributed by atoms with Crippen LogP contribution in [0.5, 0.6) is 0 Å². The van der Waals surface area contributed by atoms with Crippen LogP contribution < -0.4 is 5.32 Å². The van der Waals surface area contributed by atoms with Crippen LogP contribution in [0, 0.1) is 0 Å². The average molecular weight is 311 g/mol. The van der Waals surface area contributed by atoms with Crippen LogP contribution in [0.25, 0.3) is 11.4 Å². The molecule has 0 aliphatic carbocycles. The molecule has 0 saturated heterocycles. The van der Waals surface area contributed by atoms with Gasteiger partial charge in [0, 0.05) is 24.5 Å². The highest BCUT2D eigenvalue weighted by atomic mass is 16.6. The Hall–Kier alpha value is -3.29. The molecule has 116 valence electrons. The van der Waals surface area contributed by atoms with Crippen LogP contribution >= 0.6 is 0 Å². The van der Waals surface area contributed by atoms with Gasteiger partial charge < -0.3 is 14.6 Å². The summed E-state index contributed by atoms with van der Waals surface area (Å²) < 4.78 is 9.37. The van der Waals surface area contributed by atoms with E-state index in [4.69, 9.17) is 4.52 Å². The lowest BCUT2D eigenvalue weighted by atomic mass is 10.1. The fourth-order valence-corrected chi connectivity index (χ4v) is 1.87. The molecule has 8 heteroatoms. The molecule has 0 unspecified atom stereocenters. The van der Waals surface area contributed by atoms with Crippen molar-refractivity contribution in [3.8, 4) is 11.4 Å². The second kappa shape index (κ2) is 6.65. The van der Waals surface area contributed by atoms with Crippen molar-refractivity contribution in [2.75, 3.05) is 12.4 Å². The molecular formula is C15H13N5O3. The number of ether oxygens (including phenoxy) is 1. The smallest absolute Gasteiger partial charge is 0.397 e. The van der Waals surface area contributed by atoms with Gasteiger partial charge in [0.25, 0.3) is 0 Å². The maximum absolute atomic E-state index is 11.3. The van der Waals surface area contributed by atoms with E-state index in [9.17, 15) is 4.79 Å². The molecule has 3 aromatic rings. The molecule has 0 aliphatic heterocycles. The van der Waals surface area contributed by atoms with Gasteiger partial charge in [-0.1, -0.05) is 29.4 Å². The summed E-state index contributed by atoms with van der Waals surface area (Å²) in [5, 5.41) is 6.92. The molecule has 23 heavy (non-hydrogen) atoms. The molecule has 0 spiro atoms. The van der Waals surface area contributed by atoms with Crippen molar-refractivity contribution in [1.82, 2.24) is 20.1 Å². The molecule has 0 radical (unpaired) electrons. The summed E-state index contributed by atoms with van der Waals surface area (Å²) in [6.07, 6.45) is 4.90. The quantitative estimate of drug-likeness (QED) is 0.713. The normalized spacial score (nSPS) is 10.3. The SMILES string of the molecule is COC(=O)c1nc(-c2ccc(CNc3cnccn3)cc2)no1. The maximum Gasteiger partial charge on any atom is 0.397 e. The van der Waals surface area contributed by atoms with Gasteiger partial charge in [0.15, 0.2) is 0 Å². The Morgan fingerprint density at radius 3 is 2.78 bits per heavy atom. The van der Waals surface area contributed by atoms with Crippen molar-refractivity contribution >= 4 is 11.8 Å². The number of nitrogens with one attached hydrogen (secondary N) is 1. The Kier molecular flexibility index (Phi) is 4.23. The van der Waals surface area contributed by atoms with E-state index >= 15 is 0 Å².